The lowest BCUT2D eigenvalue weighted by Crippen LogP contribution is -2.32. The molecular formula is C12H12N4O3S. The zero-order chi connectivity index (χ0) is 14.3. The van der Waals surface area contributed by atoms with Crippen LogP contribution in [0.2, 0.25) is 0 Å². The van der Waals surface area contributed by atoms with E-state index in [1.807, 2.05) is 12.1 Å². The van der Waals surface area contributed by atoms with E-state index in [2.05, 4.69) is 9.97 Å². The average molecular weight is 292 g/mol. The van der Waals surface area contributed by atoms with Crippen LogP contribution >= 0.6 is 0 Å². The van der Waals surface area contributed by atoms with Crippen molar-refractivity contribution < 1.29 is 13.2 Å². The fourth-order valence-electron chi connectivity index (χ4n) is 2.31. The molecule has 1 unspecified atom stereocenters. The largest absolute Gasteiger partial charge is 0.295 e. The molecule has 2 aromatic rings. The van der Waals surface area contributed by atoms with Gasteiger partial charge in [-0.2, -0.15) is 0 Å². The summed E-state index contributed by atoms with van der Waals surface area (Å²) >= 11 is 0. The Bertz CT molecular complexity index is 785. The zero-order valence-electron chi connectivity index (χ0n) is 10.4. The number of hydrogen-bond donors (Lipinski definition) is 1. The standard InChI is InChI=1S/C12H12N4O3S/c13-20(18,19)8-5-11(17)16(6-8)12-9-3-1-2-4-10(9)14-7-15-12/h1-4,7-8H,5-6H2,(H2,13,18,19). The second-order valence-corrected chi connectivity index (χ2v) is 6.48. The Balaban J connectivity index is 2.06. The van der Waals surface area contributed by atoms with Crippen LogP contribution in [-0.2, 0) is 14.8 Å². The van der Waals surface area contributed by atoms with E-state index < -0.39 is 15.3 Å². The molecule has 2 N–H and O–H groups in total. The minimum atomic E-state index is -3.74. The quantitative estimate of drug-likeness (QED) is 0.840. The van der Waals surface area contributed by atoms with Crippen molar-refractivity contribution in [1.82, 2.24) is 9.97 Å². The van der Waals surface area contributed by atoms with Gasteiger partial charge < -0.3 is 0 Å². The summed E-state index contributed by atoms with van der Waals surface area (Å²) in [6.07, 6.45) is 1.24. The Hall–Kier alpha value is -2.06. The van der Waals surface area contributed by atoms with Gasteiger partial charge in [-0.25, -0.2) is 23.5 Å². The van der Waals surface area contributed by atoms with Gasteiger partial charge in [-0.05, 0) is 12.1 Å². The van der Waals surface area contributed by atoms with Crippen LogP contribution in [0.25, 0.3) is 10.9 Å². The molecule has 2 heterocycles. The molecule has 1 atom stereocenters. The number of para-hydroxylation sites is 1. The lowest BCUT2D eigenvalue weighted by atomic mass is 10.2. The van der Waals surface area contributed by atoms with Crippen LogP contribution in [0.4, 0.5) is 5.82 Å². The zero-order valence-corrected chi connectivity index (χ0v) is 11.2. The van der Waals surface area contributed by atoms with Crippen LogP contribution in [-0.4, -0.2) is 36.1 Å². The van der Waals surface area contributed by atoms with Gasteiger partial charge in [0.2, 0.25) is 15.9 Å². The summed E-state index contributed by atoms with van der Waals surface area (Å²) in [6, 6.07) is 7.24. The number of nitrogens with two attached hydrogens (primary N) is 1. The van der Waals surface area contributed by atoms with Gasteiger partial charge in [0, 0.05) is 18.4 Å². The lowest BCUT2D eigenvalue weighted by molar-refractivity contribution is -0.117. The van der Waals surface area contributed by atoms with Gasteiger partial charge in [0.15, 0.2) is 0 Å². The first-order chi connectivity index (χ1) is 9.47. The number of benzene rings is 1. The Morgan fingerprint density at radius 1 is 1.25 bits per heavy atom. The summed E-state index contributed by atoms with van der Waals surface area (Å²) in [7, 11) is -3.74. The number of hydrogen-bond acceptors (Lipinski definition) is 5. The maximum absolute atomic E-state index is 12.0. The topological polar surface area (TPSA) is 106 Å². The molecule has 8 heteroatoms. The number of rotatable bonds is 2. The highest BCUT2D eigenvalue weighted by Crippen LogP contribution is 2.27. The minimum absolute atomic E-state index is 0.0265. The van der Waals surface area contributed by atoms with E-state index in [1.165, 1.54) is 11.2 Å². The van der Waals surface area contributed by atoms with Gasteiger partial charge in [-0.3, -0.25) is 9.69 Å². The summed E-state index contributed by atoms with van der Waals surface area (Å²) in [4.78, 5) is 21.6. The normalized spacial score (nSPS) is 19.8. The molecule has 1 aliphatic heterocycles. The molecule has 1 aliphatic rings. The highest BCUT2D eigenvalue weighted by molar-refractivity contribution is 7.89. The fourth-order valence-corrected chi connectivity index (χ4v) is 3.04. The number of aromatic nitrogens is 2. The van der Waals surface area contributed by atoms with Crippen molar-refractivity contribution in [3.8, 4) is 0 Å². The van der Waals surface area contributed by atoms with E-state index >= 15 is 0 Å². The van der Waals surface area contributed by atoms with Gasteiger partial charge in [-0.1, -0.05) is 12.1 Å². The van der Waals surface area contributed by atoms with Crippen LogP contribution in [0.1, 0.15) is 6.42 Å². The van der Waals surface area contributed by atoms with Crippen LogP contribution in [0.15, 0.2) is 30.6 Å². The summed E-state index contributed by atoms with van der Waals surface area (Å²) in [5, 5.41) is 4.94. The monoisotopic (exact) mass is 292 g/mol. The van der Waals surface area contributed by atoms with Crippen LogP contribution in [0.3, 0.4) is 0 Å². The molecule has 0 spiro atoms. The van der Waals surface area contributed by atoms with Crippen molar-refractivity contribution >= 4 is 32.7 Å². The second-order valence-electron chi connectivity index (χ2n) is 4.63. The molecule has 7 nitrogen and oxygen atoms in total. The molecule has 1 aromatic heterocycles. The van der Waals surface area contributed by atoms with Crippen LogP contribution in [0.5, 0.6) is 0 Å². The Morgan fingerprint density at radius 3 is 2.70 bits per heavy atom. The minimum Gasteiger partial charge on any atom is -0.295 e. The summed E-state index contributed by atoms with van der Waals surface area (Å²) in [5.41, 5.74) is 0.698. The van der Waals surface area contributed by atoms with Gasteiger partial charge in [0.05, 0.1) is 5.52 Å². The Morgan fingerprint density at radius 2 is 2.00 bits per heavy atom. The predicted molar refractivity (Wildman–Crippen MR) is 73.4 cm³/mol. The first kappa shape index (κ1) is 12.9. The van der Waals surface area contributed by atoms with E-state index in [1.54, 1.807) is 12.1 Å². The maximum Gasteiger partial charge on any atom is 0.229 e. The van der Waals surface area contributed by atoms with Gasteiger partial charge >= 0.3 is 0 Å². The van der Waals surface area contributed by atoms with Crippen LogP contribution in [0, 0.1) is 0 Å². The summed E-state index contributed by atoms with van der Waals surface area (Å²) < 4.78 is 22.8. The number of sulfonamides is 1. The van der Waals surface area contributed by atoms with E-state index in [0.717, 1.165) is 0 Å². The molecule has 1 fully saturated rings. The van der Waals surface area contributed by atoms with E-state index in [-0.39, 0.29) is 18.9 Å². The number of primary sulfonamides is 1. The SMILES string of the molecule is NS(=O)(=O)C1CC(=O)N(c2ncnc3ccccc23)C1. The number of amides is 1. The Labute approximate surface area is 115 Å². The third kappa shape index (κ3) is 2.12. The first-order valence-corrected chi connectivity index (χ1v) is 7.59. The third-order valence-corrected chi connectivity index (χ3v) is 4.58. The highest BCUT2D eigenvalue weighted by atomic mass is 32.2. The first-order valence-electron chi connectivity index (χ1n) is 5.98. The summed E-state index contributed by atoms with van der Waals surface area (Å²) in [5.74, 6) is 0.125. The van der Waals surface area contributed by atoms with Crippen molar-refractivity contribution in [3.63, 3.8) is 0 Å². The molecule has 0 aliphatic carbocycles. The molecule has 3 rings (SSSR count). The second kappa shape index (κ2) is 4.50. The number of carbonyl (C=O) groups is 1. The molecular weight excluding hydrogens is 280 g/mol. The van der Waals surface area contributed by atoms with E-state index in [9.17, 15) is 13.2 Å². The molecule has 20 heavy (non-hydrogen) atoms. The Kier molecular flexibility index (Phi) is 2.91. The highest BCUT2D eigenvalue weighted by Gasteiger charge is 2.38. The van der Waals surface area contributed by atoms with Gasteiger partial charge in [0.25, 0.3) is 0 Å². The van der Waals surface area contributed by atoms with E-state index in [4.69, 9.17) is 5.14 Å². The van der Waals surface area contributed by atoms with Crippen molar-refractivity contribution in [3.05, 3.63) is 30.6 Å². The molecule has 104 valence electrons. The molecule has 0 saturated carbocycles. The molecule has 1 aromatic carbocycles. The van der Waals surface area contributed by atoms with Crippen molar-refractivity contribution in [2.45, 2.75) is 11.7 Å². The molecule has 1 amide bonds. The molecule has 1 saturated heterocycles. The van der Waals surface area contributed by atoms with Crippen molar-refractivity contribution in [2.75, 3.05) is 11.4 Å². The maximum atomic E-state index is 12.0. The van der Waals surface area contributed by atoms with Gasteiger partial charge in [-0.15, -0.1) is 0 Å². The number of anilines is 1. The number of nitrogens with zero attached hydrogens (tertiary/aromatic N) is 3. The van der Waals surface area contributed by atoms with Crippen LogP contribution < -0.4 is 10.0 Å². The molecule has 0 bridgehead atoms. The fraction of sp³-hybridized carbons (Fsp3) is 0.250. The summed E-state index contributed by atoms with van der Waals surface area (Å²) in [6.45, 7) is 0.0265. The third-order valence-electron chi connectivity index (χ3n) is 3.33. The van der Waals surface area contributed by atoms with Crippen molar-refractivity contribution in [1.29, 1.82) is 0 Å². The predicted octanol–water partition coefficient (Wildman–Crippen LogP) is 0.0236. The van der Waals surface area contributed by atoms with E-state index in [0.29, 0.717) is 16.7 Å². The lowest BCUT2D eigenvalue weighted by Gasteiger charge is -2.16. The smallest absolute Gasteiger partial charge is 0.229 e. The number of fused-ring (bicyclic) bond motifs is 1. The van der Waals surface area contributed by atoms with Crippen molar-refractivity contribution in [2.24, 2.45) is 5.14 Å². The van der Waals surface area contributed by atoms with Gasteiger partial charge in [0.1, 0.15) is 17.4 Å². The average Bonchev–Trinajstić information content (AvgIpc) is 2.80. The molecule has 0 radical (unpaired) electrons. The number of carbonyl (C=O) groups excluding carboxylic acids is 1.